The molecule has 0 fully saturated rings. The summed E-state index contributed by atoms with van der Waals surface area (Å²) in [6, 6.07) is 17.6. The van der Waals surface area contributed by atoms with Crippen LogP contribution in [0.5, 0.6) is 5.75 Å². The van der Waals surface area contributed by atoms with Gasteiger partial charge in [0.25, 0.3) is 0 Å². The van der Waals surface area contributed by atoms with Crippen molar-refractivity contribution < 1.29 is 14.1 Å². The van der Waals surface area contributed by atoms with Crippen LogP contribution in [-0.2, 0) is 11.2 Å². The van der Waals surface area contributed by atoms with E-state index >= 15 is 0 Å². The van der Waals surface area contributed by atoms with E-state index in [2.05, 4.69) is 15.5 Å². The Morgan fingerprint density at radius 3 is 2.79 bits per heavy atom. The van der Waals surface area contributed by atoms with Crippen LogP contribution in [0, 0.1) is 6.92 Å². The van der Waals surface area contributed by atoms with Crippen molar-refractivity contribution in [3.05, 3.63) is 66.1 Å². The molecule has 0 aliphatic rings. The van der Waals surface area contributed by atoms with Crippen molar-refractivity contribution in [2.45, 2.75) is 32.6 Å². The molecule has 0 atom stereocenters. The van der Waals surface area contributed by atoms with Crippen LogP contribution in [-0.4, -0.2) is 29.2 Å². The third-order valence-electron chi connectivity index (χ3n) is 4.20. The number of carbonyl (C=O) groups excluding carboxylic acids is 1. The molecule has 1 aromatic heterocycles. The van der Waals surface area contributed by atoms with E-state index in [1.165, 1.54) is 5.56 Å². The van der Waals surface area contributed by atoms with Gasteiger partial charge in [0.05, 0.1) is 6.61 Å². The second-order valence-electron chi connectivity index (χ2n) is 6.60. The molecule has 1 amide bonds. The number of nitrogens with one attached hydrogen (secondary N) is 1. The van der Waals surface area contributed by atoms with Crippen molar-refractivity contribution in [1.82, 2.24) is 15.5 Å². The normalized spacial score (nSPS) is 10.6. The molecule has 0 radical (unpaired) electrons. The van der Waals surface area contributed by atoms with Gasteiger partial charge in [-0.3, -0.25) is 4.79 Å². The van der Waals surface area contributed by atoms with Gasteiger partial charge < -0.3 is 14.6 Å². The first kappa shape index (κ1) is 19.6. The Morgan fingerprint density at radius 1 is 1.11 bits per heavy atom. The van der Waals surface area contributed by atoms with Gasteiger partial charge in [0, 0.05) is 24.9 Å². The third kappa shape index (κ3) is 6.23. The number of aryl methyl sites for hydroxylation is 2. The molecule has 1 heterocycles. The van der Waals surface area contributed by atoms with E-state index < -0.39 is 0 Å². The second kappa shape index (κ2) is 10.3. The Labute approximate surface area is 164 Å². The van der Waals surface area contributed by atoms with Crippen LogP contribution < -0.4 is 10.1 Å². The smallest absolute Gasteiger partial charge is 0.226 e. The minimum absolute atomic E-state index is 0.0263. The first-order valence-electron chi connectivity index (χ1n) is 9.55. The van der Waals surface area contributed by atoms with E-state index in [-0.39, 0.29) is 5.91 Å². The molecule has 6 heteroatoms. The summed E-state index contributed by atoms with van der Waals surface area (Å²) in [6.07, 6.45) is 2.46. The Morgan fingerprint density at radius 2 is 1.96 bits per heavy atom. The van der Waals surface area contributed by atoms with Crippen molar-refractivity contribution in [2.24, 2.45) is 0 Å². The number of ether oxygens (including phenoxy) is 1. The number of aromatic nitrogens is 2. The maximum atomic E-state index is 11.9. The fraction of sp³-hybridized carbons (Fsp3) is 0.318. The molecular formula is C22H25N3O3. The van der Waals surface area contributed by atoms with Gasteiger partial charge in [-0.25, -0.2) is 0 Å². The molecule has 6 nitrogen and oxygen atoms in total. The highest BCUT2D eigenvalue weighted by Crippen LogP contribution is 2.15. The summed E-state index contributed by atoms with van der Waals surface area (Å²) in [5.74, 6) is 2.02. The van der Waals surface area contributed by atoms with Gasteiger partial charge in [-0.15, -0.1) is 0 Å². The maximum absolute atomic E-state index is 11.9. The lowest BCUT2D eigenvalue weighted by Crippen LogP contribution is -2.25. The zero-order valence-corrected chi connectivity index (χ0v) is 16.1. The van der Waals surface area contributed by atoms with Gasteiger partial charge in [0.1, 0.15) is 5.75 Å². The molecule has 0 aliphatic carbocycles. The molecule has 0 bridgehead atoms. The predicted octanol–water partition coefficient (Wildman–Crippen LogP) is 3.95. The summed E-state index contributed by atoms with van der Waals surface area (Å²) in [7, 11) is 0. The van der Waals surface area contributed by atoms with E-state index in [1.54, 1.807) is 0 Å². The summed E-state index contributed by atoms with van der Waals surface area (Å²) in [6.45, 7) is 3.21. The van der Waals surface area contributed by atoms with Gasteiger partial charge in [-0.05, 0) is 37.5 Å². The summed E-state index contributed by atoms with van der Waals surface area (Å²) in [5.41, 5.74) is 2.09. The first-order valence-corrected chi connectivity index (χ1v) is 9.55. The Hall–Kier alpha value is -3.15. The number of carbonyl (C=O) groups is 1. The highest BCUT2D eigenvalue weighted by atomic mass is 16.5. The molecule has 0 aliphatic heterocycles. The molecular weight excluding hydrogens is 354 g/mol. The van der Waals surface area contributed by atoms with Gasteiger partial charge in [0.2, 0.25) is 17.6 Å². The van der Waals surface area contributed by atoms with Crippen molar-refractivity contribution >= 4 is 5.91 Å². The monoisotopic (exact) mass is 379 g/mol. The molecule has 3 aromatic rings. The van der Waals surface area contributed by atoms with Crippen LogP contribution in [0.4, 0.5) is 0 Å². The molecule has 0 spiro atoms. The number of nitrogens with zero attached hydrogens (tertiary/aromatic N) is 2. The van der Waals surface area contributed by atoms with Crippen LogP contribution >= 0.6 is 0 Å². The lowest BCUT2D eigenvalue weighted by Gasteiger charge is -2.07. The highest BCUT2D eigenvalue weighted by Gasteiger charge is 2.09. The minimum Gasteiger partial charge on any atom is -0.494 e. The quantitative estimate of drug-likeness (QED) is 0.540. The number of hydrogen-bond donors (Lipinski definition) is 1. The van der Waals surface area contributed by atoms with Crippen LogP contribution in [0.2, 0.25) is 0 Å². The highest BCUT2D eigenvalue weighted by molar-refractivity contribution is 5.75. The average Bonchev–Trinajstić information content (AvgIpc) is 3.17. The predicted molar refractivity (Wildman–Crippen MR) is 107 cm³/mol. The second-order valence-corrected chi connectivity index (χ2v) is 6.60. The van der Waals surface area contributed by atoms with Crippen LogP contribution in [0.25, 0.3) is 11.4 Å². The van der Waals surface area contributed by atoms with Gasteiger partial charge in [0.15, 0.2) is 0 Å². The van der Waals surface area contributed by atoms with Crippen LogP contribution in [0.15, 0.2) is 59.1 Å². The van der Waals surface area contributed by atoms with E-state index in [4.69, 9.17) is 9.26 Å². The fourth-order valence-corrected chi connectivity index (χ4v) is 2.74. The molecule has 0 unspecified atom stereocenters. The van der Waals surface area contributed by atoms with Crippen LogP contribution in [0.3, 0.4) is 0 Å². The van der Waals surface area contributed by atoms with E-state index in [0.717, 1.165) is 17.7 Å². The number of benzene rings is 2. The summed E-state index contributed by atoms with van der Waals surface area (Å²) < 4.78 is 10.9. The zero-order valence-electron chi connectivity index (χ0n) is 16.1. The maximum Gasteiger partial charge on any atom is 0.226 e. The minimum atomic E-state index is 0.0263. The van der Waals surface area contributed by atoms with E-state index in [9.17, 15) is 4.79 Å². The molecule has 0 saturated heterocycles. The van der Waals surface area contributed by atoms with Gasteiger partial charge >= 0.3 is 0 Å². The number of hydrogen-bond acceptors (Lipinski definition) is 5. The standard InChI is InChI=1S/C22H25N3O3/c1-17-8-5-11-19(16-17)27-15-7-14-23-20(26)12-6-13-21-24-22(25-28-21)18-9-3-2-4-10-18/h2-5,8-11,16H,6-7,12-15H2,1H3,(H,23,26). The molecule has 3 rings (SSSR count). The van der Waals surface area contributed by atoms with Crippen molar-refractivity contribution in [3.8, 4) is 17.1 Å². The van der Waals surface area contributed by atoms with Gasteiger partial charge in [-0.1, -0.05) is 47.6 Å². The first-order chi connectivity index (χ1) is 13.7. The van der Waals surface area contributed by atoms with Crippen molar-refractivity contribution in [3.63, 3.8) is 0 Å². The molecule has 28 heavy (non-hydrogen) atoms. The molecule has 0 saturated carbocycles. The van der Waals surface area contributed by atoms with Crippen molar-refractivity contribution in [2.75, 3.05) is 13.2 Å². The van der Waals surface area contributed by atoms with E-state index in [1.807, 2.05) is 61.5 Å². The lowest BCUT2D eigenvalue weighted by molar-refractivity contribution is -0.121. The van der Waals surface area contributed by atoms with E-state index in [0.29, 0.717) is 44.1 Å². The Balaban J connectivity index is 1.28. The van der Waals surface area contributed by atoms with Crippen molar-refractivity contribution in [1.29, 1.82) is 0 Å². The largest absolute Gasteiger partial charge is 0.494 e. The summed E-state index contributed by atoms with van der Waals surface area (Å²) >= 11 is 0. The molecule has 146 valence electrons. The zero-order chi connectivity index (χ0) is 19.6. The van der Waals surface area contributed by atoms with Crippen LogP contribution in [0.1, 0.15) is 30.7 Å². The molecule has 2 aromatic carbocycles. The molecule has 1 N–H and O–H groups in total. The lowest BCUT2D eigenvalue weighted by atomic mass is 10.2. The number of amides is 1. The van der Waals surface area contributed by atoms with Gasteiger partial charge in [-0.2, -0.15) is 4.98 Å². The fourth-order valence-electron chi connectivity index (χ4n) is 2.74. The summed E-state index contributed by atoms with van der Waals surface area (Å²) in [4.78, 5) is 16.3. The summed E-state index contributed by atoms with van der Waals surface area (Å²) in [5, 5.41) is 6.90. The average molecular weight is 379 g/mol. The topological polar surface area (TPSA) is 77.2 Å². The Bertz CT molecular complexity index is 877. The number of rotatable bonds is 10. The third-order valence-corrected chi connectivity index (χ3v) is 4.20. The Kier molecular flexibility index (Phi) is 7.18. The SMILES string of the molecule is Cc1cccc(OCCCNC(=O)CCCc2nc(-c3ccccc3)no2)c1.